The number of halogens is 1. The van der Waals surface area contributed by atoms with Crippen molar-refractivity contribution in [2.75, 3.05) is 31.7 Å². The monoisotopic (exact) mass is 490 g/mol. The maximum absolute atomic E-state index is 13.7. The minimum absolute atomic E-state index is 0.243. The quantitative estimate of drug-likeness (QED) is 0.371. The maximum atomic E-state index is 13.7. The summed E-state index contributed by atoms with van der Waals surface area (Å²) in [6.07, 6.45) is 2.98. The van der Waals surface area contributed by atoms with E-state index in [0.717, 1.165) is 10.2 Å². The van der Waals surface area contributed by atoms with Gasteiger partial charge in [-0.25, -0.2) is 14.4 Å². The Morgan fingerprint density at radius 3 is 2.63 bits per heavy atom. The van der Waals surface area contributed by atoms with E-state index in [9.17, 15) is 14.0 Å². The number of hydrogen-bond acceptors (Lipinski definition) is 7. The molecule has 0 radical (unpaired) electrons. The average molecular weight is 491 g/mol. The number of para-hydroxylation sites is 1. The number of piperidine rings is 1. The molecule has 0 aliphatic carbocycles. The molecule has 1 saturated heterocycles. The Hall–Kier alpha value is -3.63. The lowest BCUT2D eigenvalue weighted by Crippen LogP contribution is -2.54. The third-order valence-corrected chi connectivity index (χ3v) is 7.97. The molecule has 2 aliphatic heterocycles. The van der Waals surface area contributed by atoms with E-state index in [4.69, 9.17) is 9.97 Å². The fourth-order valence-electron chi connectivity index (χ4n) is 4.98. The van der Waals surface area contributed by atoms with Crippen LogP contribution in [0.2, 0.25) is 0 Å². The number of carbonyl (C=O) groups excluding carboxylic acids is 2. The van der Waals surface area contributed by atoms with Gasteiger partial charge in [0.1, 0.15) is 11.5 Å². The Labute approximate surface area is 204 Å². The van der Waals surface area contributed by atoms with Crippen LogP contribution in [0.1, 0.15) is 24.1 Å². The average Bonchev–Trinajstić information content (AvgIpc) is 3.58. The predicted molar refractivity (Wildman–Crippen MR) is 135 cm³/mol. The lowest BCUT2D eigenvalue weighted by Gasteiger charge is -2.40. The van der Waals surface area contributed by atoms with E-state index < -0.39 is 24.0 Å². The van der Waals surface area contributed by atoms with Crippen LogP contribution in [0.25, 0.3) is 32.3 Å². The summed E-state index contributed by atoms with van der Waals surface area (Å²) in [4.78, 5) is 41.9. The number of hydrogen-bond donors (Lipinski definition) is 3. The van der Waals surface area contributed by atoms with E-state index in [-0.39, 0.29) is 5.57 Å². The van der Waals surface area contributed by atoms with E-state index >= 15 is 0 Å². The number of anilines is 1. The van der Waals surface area contributed by atoms with Crippen LogP contribution in [0.15, 0.2) is 41.9 Å². The highest BCUT2D eigenvalue weighted by Gasteiger charge is 2.37. The van der Waals surface area contributed by atoms with Crippen molar-refractivity contribution in [3.8, 4) is 0 Å². The summed E-state index contributed by atoms with van der Waals surface area (Å²) in [5.74, 6) is -0.452. The molecule has 6 rings (SSSR count). The topological polar surface area (TPSA) is 103 Å². The number of aromatic nitrogens is 3. The van der Waals surface area contributed by atoms with Gasteiger partial charge in [0.05, 0.1) is 22.4 Å². The minimum atomic E-state index is -0.538. The summed E-state index contributed by atoms with van der Waals surface area (Å²) in [5.41, 5.74) is 1.78. The molecular formula is C25H23FN6O2S. The first-order chi connectivity index (χ1) is 17.0. The number of fused-ring (bicyclic) bond motifs is 2. The lowest BCUT2D eigenvalue weighted by atomic mass is 9.89. The predicted octanol–water partition coefficient (Wildman–Crippen LogP) is 3.27. The van der Waals surface area contributed by atoms with Crippen LogP contribution in [0.5, 0.6) is 0 Å². The van der Waals surface area contributed by atoms with Crippen molar-refractivity contribution in [3.05, 3.63) is 53.2 Å². The summed E-state index contributed by atoms with van der Waals surface area (Å²) < 4.78 is 13.7. The summed E-state index contributed by atoms with van der Waals surface area (Å²) >= 11 is 1.53. The van der Waals surface area contributed by atoms with Crippen LogP contribution in [0.4, 0.5) is 10.3 Å². The number of imide groups is 1. The molecule has 0 spiro atoms. The number of H-pyrrole nitrogens is 1. The number of nitrogens with zero attached hydrogens (tertiary/aromatic N) is 3. The van der Waals surface area contributed by atoms with Crippen LogP contribution < -0.4 is 15.5 Å². The molecule has 0 unspecified atom stereocenters. The number of amides is 2. The van der Waals surface area contributed by atoms with Gasteiger partial charge in [0.15, 0.2) is 0 Å². The molecule has 4 aromatic rings. The van der Waals surface area contributed by atoms with Crippen LogP contribution in [0, 0.1) is 0 Å². The van der Waals surface area contributed by atoms with Crippen LogP contribution in [-0.2, 0) is 9.59 Å². The van der Waals surface area contributed by atoms with Crippen LogP contribution in [0.3, 0.4) is 0 Å². The number of thiophene rings is 1. The molecule has 2 amide bonds. The second kappa shape index (κ2) is 8.24. The van der Waals surface area contributed by atoms with Crippen molar-refractivity contribution >= 4 is 61.4 Å². The Morgan fingerprint density at radius 2 is 1.86 bits per heavy atom. The number of carbonyl (C=O) groups is 2. The third-order valence-electron chi connectivity index (χ3n) is 7.12. The van der Waals surface area contributed by atoms with E-state index in [2.05, 4.69) is 15.6 Å². The van der Waals surface area contributed by atoms with Crippen LogP contribution in [-0.4, -0.2) is 59.1 Å². The molecule has 10 heteroatoms. The van der Waals surface area contributed by atoms with Gasteiger partial charge in [-0.15, -0.1) is 11.3 Å². The van der Waals surface area contributed by atoms with Gasteiger partial charge in [0.2, 0.25) is 5.95 Å². The van der Waals surface area contributed by atoms with E-state index in [0.29, 0.717) is 59.6 Å². The second-order valence-electron chi connectivity index (χ2n) is 8.94. The fourth-order valence-corrected chi connectivity index (χ4v) is 5.75. The first-order valence-corrected chi connectivity index (χ1v) is 12.3. The summed E-state index contributed by atoms with van der Waals surface area (Å²) in [7, 11) is 1.79. The maximum Gasteiger partial charge on any atom is 0.261 e. The smallest absolute Gasteiger partial charge is 0.261 e. The van der Waals surface area contributed by atoms with Gasteiger partial charge in [0, 0.05) is 41.2 Å². The van der Waals surface area contributed by atoms with Crippen molar-refractivity contribution in [1.29, 1.82) is 0 Å². The highest BCUT2D eigenvalue weighted by Crippen LogP contribution is 2.38. The second-order valence-corrected chi connectivity index (χ2v) is 9.86. The Kier molecular flexibility index (Phi) is 5.15. The Bertz CT molecular complexity index is 1510. The Balaban J connectivity index is 1.52. The summed E-state index contributed by atoms with van der Waals surface area (Å²) in [6.45, 7) is 0.716. The zero-order valence-corrected chi connectivity index (χ0v) is 19.8. The molecule has 0 saturated carbocycles. The van der Waals surface area contributed by atoms with E-state index in [1.807, 2.05) is 40.6 Å². The Morgan fingerprint density at radius 1 is 1.09 bits per heavy atom. The first-order valence-electron chi connectivity index (χ1n) is 11.5. The van der Waals surface area contributed by atoms with E-state index in [1.54, 1.807) is 13.2 Å². The largest absolute Gasteiger partial charge is 0.352 e. The molecule has 5 heterocycles. The minimum Gasteiger partial charge on any atom is -0.352 e. The molecule has 1 fully saturated rings. The van der Waals surface area contributed by atoms with Crippen molar-refractivity contribution in [2.45, 2.75) is 18.4 Å². The van der Waals surface area contributed by atoms with Gasteiger partial charge in [-0.05, 0) is 37.4 Å². The van der Waals surface area contributed by atoms with E-state index in [1.165, 1.54) is 11.3 Å². The zero-order chi connectivity index (χ0) is 24.2. The summed E-state index contributed by atoms with van der Waals surface area (Å²) in [5, 5.41) is 9.11. The molecule has 0 atom stereocenters. The first kappa shape index (κ1) is 21.9. The standard InChI is InChI=1S/C25H23FN6O2S/c1-27-25(13-26)7-9-32(10-8-25)24-29-17-5-3-2-4-15(17)20(30-24)19-18(21(33)31-22(19)34)16-12-28-23-14(16)6-11-35-23/h2-6,11-12,27-28H,7-10,13H2,1H3,(H,31,33,34). The van der Waals surface area contributed by atoms with Gasteiger partial charge >= 0.3 is 0 Å². The number of rotatable bonds is 5. The van der Waals surface area contributed by atoms with Gasteiger partial charge in [-0.2, -0.15) is 0 Å². The van der Waals surface area contributed by atoms with Crippen molar-refractivity contribution in [2.24, 2.45) is 0 Å². The highest BCUT2D eigenvalue weighted by atomic mass is 32.1. The van der Waals surface area contributed by atoms with Crippen molar-refractivity contribution < 1.29 is 14.0 Å². The lowest BCUT2D eigenvalue weighted by molar-refractivity contribution is -0.122. The molecule has 35 heavy (non-hydrogen) atoms. The van der Waals surface area contributed by atoms with Crippen LogP contribution >= 0.6 is 11.3 Å². The summed E-state index contributed by atoms with van der Waals surface area (Å²) in [6, 6.07) is 9.40. The van der Waals surface area contributed by atoms with Gasteiger partial charge in [-0.3, -0.25) is 14.9 Å². The van der Waals surface area contributed by atoms with Crippen molar-refractivity contribution in [1.82, 2.24) is 25.6 Å². The van der Waals surface area contributed by atoms with Gasteiger partial charge in [-0.1, -0.05) is 18.2 Å². The van der Waals surface area contributed by atoms with Crippen molar-refractivity contribution in [3.63, 3.8) is 0 Å². The molecule has 8 nitrogen and oxygen atoms in total. The fraction of sp³-hybridized carbons (Fsp3) is 0.280. The zero-order valence-electron chi connectivity index (χ0n) is 19.0. The molecular weight excluding hydrogens is 467 g/mol. The molecule has 1 aromatic carbocycles. The number of alkyl halides is 1. The SMILES string of the molecule is CNC1(CF)CCN(c2nc(C3=C(c4c[nH]c5sccc45)C(=O)NC3=O)c3ccccc3n2)CC1. The van der Waals surface area contributed by atoms with Gasteiger partial charge < -0.3 is 15.2 Å². The molecule has 3 aromatic heterocycles. The normalized spacial score (nSPS) is 18.2. The molecule has 2 aliphatic rings. The number of benzene rings is 1. The molecule has 3 N–H and O–H groups in total. The highest BCUT2D eigenvalue weighted by molar-refractivity contribution is 7.16. The number of nitrogens with one attached hydrogen (secondary N) is 3. The molecule has 178 valence electrons. The third kappa shape index (κ3) is 3.43. The number of aromatic amines is 1. The molecule has 0 bridgehead atoms. The van der Waals surface area contributed by atoms with Gasteiger partial charge in [0.25, 0.3) is 11.8 Å².